The molecule has 5 heteroatoms. The Morgan fingerprint density at radius 2 is 2.17 bits per heavy atom. The van der Waals surface area contributed by atoms with Gasteiger partial charge in [0.2, 0.25) is 0 Å². The van der Waals surface area contributed by atoms with Crippen molar-refractivity contribution in [2.45, 2.75) is 11.8 Å². The summed E-state index contributed by atoms with van der Waals surface area (Å²) in [5.41, 5.74) is 1.25. The Morgan fingerprint density at radius 3 is 2.89 bits per heavy atom. The lowest BCUT2D eigenvalue weighted by Crippen LogP contribution is -2.12. The van der Waals surface area contributed by atoms with Gasteiger partial charge in [-0.1, -0.05) is 12.1 Å². The molecule has 0 saturated carbocycles. The van der Waals surface area contributed by atoms with Gasteiger partial charge < -0.3 is 10.1 Å². The van der Waals surface area contributed by atoms with Crippen molar-refractivity contribution in [3.63, 3.8) is 0 Å². The van der Waals surface area contributed by atoms with Crippen LogP contribution < -0.4 is 10.1 Å². The van der Waals surface area contributed by atoms with E-state index >= 15 is 0 Å². The van der Waals surface area contributed by atoms with E-state index in [9.17, 15) is 4.79 Å². The van der Waals surface area contributed by atoms with Gasteiger partial charge in [0.25, 0.3) is 5.91 Å². The first kappa shape index (κ1) is 13.0. The number of amides is 1. The highest BCUT2D eigenvalue weighted by atomic mass is 32.1. The second-order valence-corrected chi connectivity index (χ2v) is 4.78. The molecule has 0 saturated heterocycles. The molecule has 1 heterocycles. The Morgan fingerprint density at radius 1 is 1.39 bits per heavy atom. The third-order valence-electron chi connectivity index (χ3n) is 2.32. The summed E-state index contributed by atoms with van der Waals surface area (Å²) in [4.78, 5) is 12.8. The largest absolute Gasteiger partial charge is 0.492 e. The molecular weight excluding hydrogens is 266 g/mol. The van der Waals surface area contributed by atoms with Gasteiger partial charge in [-0.25, -0.2) is 0 Å². The van der Waals surface area contributed by atoms with Gasteiger partial charge in [0.1, 0.15) is 5.75 Å². The summed E-state index contributed by atoms with van der Waals surface area (Å²) in [6.07, 6.45) is 0. The van der Waals surface area contributed by atoms with E-state index in [1.807, 2.05) is 36.6 Å². The van der Waals surface area contributed by atoms with Crippen molar-refractivity contribution in [2.24, 2.45) is 0 Å². The van der Waals surface area contributed by atoms with Gasteiger partial charge in [-0.3, -0.25) is 4.79 Å². The van der Waals surface area contributed by atoms with Gasteiger partial charge in [-0.15, -0.1) is 24.0 Å². The van der Waals surface area contributed by atoms with Crippen LogP contribution in [0.15, 0.2) is 39.9 Å². The zero-order chi connectivity index (χ0) is 13.0. The van der Waals surface area contributed by atoms with Crippen molar-refractivity contribution < 1.29 is 9.53 Å². The van der Waals surface area contributed by atoms with E-state index in [0.717, 1.165) is 4.90 Å². The number of hydrogen-bond donors (Lipinski definition) is 2. The molecule has 0 fully saturated rings. The first-order valence-electron chi connectivity index (χ1n) is 5.50. The molecule has 94 valence electrons. The van der Waals surface area contributed by atoms with Crippen molar-refractivity contribution in [2.75, 3.05) is 11.9 Å². The Kier molecular flexibility index (Phi) is 4.28. The first-order valence-corrected chi connectivity index (χ1v) is 6.89. The van der Waals surface area contributed by atoms with Crippen LogP contribution in [0.2, 0.25) is 0 Å². The van der Waals surface area contributed by atoms with Gasteiger partial charge in [0.05, 0.1) is 17.9 Å². The quantitative estimate of drug-likeness (QED) is 0.838. The summed E-state index contributed by atoms with van der Waals surface area (Å²) in [5.74, 6) is 0.442. The number of anilines is 1. The molecule has 0 bridgehead atoms. The normalized spacial score (nSPS) is 10.1. The van der Waals surface area contributed by atoms with E-state index in [-0.39, 0.29) is 5.91 Å². The second kappa shape index (κ2) is 5.93. The van der Waals surface area contributed by atoms with E-state index in [2.05, 4.69) is 17.9 Å². The zero-order valence-corrected chi connectivity index (χ0v) is 11.6. The van der Waals surface area contributed by atoms with Crippen molar-refractivity contribution in [1.82, 2.24) is 0 Å². The van der Waals surface area contributed by atoms with Gasteiger partial charge in [0.15, 0.2) is 0 Å². The van der Waals surface area contributed by atoms with Crippen LogP contribution in [-0.2, 0) is 0 Å². The highest BCUT2D eigenvalue weighted by molar-refractivity contribution is 7.80. The van der Waals surface area contributed by atoms with Crippen LogP contribution in [0.1, 0.15) is 17.3 Å². The molecule has 1 aromatic heterocycles. The van der Waals surface area contributed by atoms with Crippen LogP contribution in [0, 0.1) is 0 Å². The van der Waals surface area contributed by atoms with Gasteiger partial charge in [-0.2, -0.15) is 0 Å². The van der Waals surface area contributed by atoms with E-state index in [1.165, 1.54) is 11.3 Å². The fourth-order valence-corrected chi connectivity index (χ4v) is 2.45. The average Bonchev–Trinajstić information content (AvgIpc) is 2.81. The Bertz CT molecular complexity index is 551. The van der Waals surface area contributed by atoms with E-state index < -0.39 is 0 Å². The van der Waals surface area contributed by atoms with Crippen molar-refractivity contribution in [3.8, 4) is 5.75 Å². The van der Waals surface area contributed by atoms with Crippen LogP contribution >= 0.6 is 24.0 Å². The molecule has 1 amide bonds. The predicted octanol–water partition coefficient (Wildman–Crippen LogP) is 3.69. The smallest absolute Gasteiger partial charge is 0.260 e. The highest BCUT2D eigenvalue weighted by Crippen LogP contribution is 2.26. The number of rotatable bonds is 4. The number of para-hydroxylation sites is 1. The number of carbonyl (C=O) groups is 1. The Labute approximate surface area is 115 Å². The monoisotopic (exact) mass is 279 g/mol. The van der Waals surface area contributed by atoms with Crippen LogP contribution in [0.25, 0.3) is 0 Å². The lowest BCUT2D eigenvalue weighted by molar-refractivity contribution is 0.102. The number of ether oxygens (including phenoxy) is 1. The van der Waals surface area contributed by atoms with Crippen molar-refractivity contribution in [3.05, 3.63) is 40.6 Å². The topological polar surface area (TPSA) is 38.3 Å². The van der Waals surface area contributed by atoms with Gasteiger partial charge in [0, 0.05) is 15.7 Å². The molecule has 18 heavy (non-hydrogen) atoms. The average molecular weight is 279 g/mol. The molecule has 0 spiro atoms. The van der Waals surface area contributed by atoms with Crippen LogP contribution in [0.3, 0.4) is 0 Å². The molecule has 0 aliphatic heterocycles. The summed E-state index contributed by atoms with van der Waals surface area (Å²) < 4.78 is 5.40. The number of hydrogen-bond acceptors (Lipinski definition) is 4. The fraction of sp³-hybridized carbons (Fsp3) is 0.154. The molecule has 0 radical (unpaired) electrons. The molecule has 0 unspecified atom stereocenters. The molecule has 0 aliphatic carbocycles. The standard InChI is InChI=1S/C13H13NO2S2/c1-2-16-11-8-18-7-9(11)13(15)14-10-5-3-4-6-12(10)17/h3-8,17H,2H2,1H3,(H,14,15). The Balaban J connectivity index is 2.17. The third-order valence-corrected chi connectivity index (χ3v) is 3.44. The molecule has 2 rings (SSSR count). The van der Waals surface area contributed by atoms with Crippen LogP contribution in [0.4, 0.5) is 5.69 Å². The summed E-state index contributed by atoms with van der Waals surface area (Å²) in [6.45, 7) is 2.43. The molecule has 1 aromatic carbocycles. The maximum Gasteiger partial charge on any atom is 0.260 e. The molecule has 0 aliphatic rings. The van der Waals surface area contributed by atoms with E-state index in [0.29, 0.717) is 23.6 Å². The summed E-state index contributed by atoms with van der Waals surface area (Å²) in [6, 6.07) is 7.36. The molecule has 1 N–H and O–H groups in total. The minimum atomic E-state index is -0.179. The van der Waals surface area contributed by atoms with Crippen molar-refractivity contribution >= 4 is 35.6 Å². The Hall–Kier alpha value is -1.46. The number of thiol groups is 1. The maximum atomic E-state index is 12.1. The second-order valence-electron chi connectivity index (χ2n) is 3.55. The minimum absolute atomic E-state index is 0.179. The first-order chi connectivity index (χ1) is 8.72. The fourth-order valence-electron chi connectivity index (χ4n) is 1.49. The third kappa shape index (κ3) is 2.86. The highest BCUT2D eigenvalue weighted by Gasteiger charge is 2.14. The van der Waals surface area contributed by atoms with E-state index in [4.69, 9.17) is 4.74 Å². The predicted molar refractivity (Wildman–Crippen MR) is 77.1 cm³/mol. The molecule has 3 nitrogen and oxygen atoms in total. The maximum absolute atomic E-state index is 12.1. The summed E-state index contributed by atoms with van der Waals surface area (Å²) in [5, 5.41) is 6.43. The minimum Gasteiger partial charge on any atom is -0.492 e. The number of nitrogens with one attached hydrogen (secondary N) is 1. The lowest BCUT2D eigenvalue weighted by atomic mass is 10.2. The van der Waals surface area contributed by atoms with Crippen molar-refractivity contribution in [1.29, 1.82) is 0 Å². The van der Waals surface area contributed by atoms with Gasteiger partial charge in [-0.05, 0) is 19.1 Å². The van der Waals surface area contributed by atoms with E-state index in [1.54, 1.807) is 5.38 Å². The SMILES string of the molecule is CCOc1cscc1C(=O)Nc1ccccc1S. The van der Waals surface area contributed by atoms with Crippen LogP contribution in [-0.4, -0.2) is 12.5 Å². The van der Waals surface area contributed by atoms with Crippen LogP contribution in [0.5, 0.6) is 5.75 Å². The number of benzene rings is 1. The summed E-state index contributed by atoms with van der Waals surface area (Å²) in [7, 11) is 0. The molecule has 2 aromatic rings. The molecule has 0 atom stereocenters. The number of carbonyl (C=O) groups excluding carboxylic acids is 1. The van der Waals surface area contributed by atoms with Gasteiger partial charge >= 0.3 is 0 Å². The molecular formula is C13H13NO2S2. The lowest BCUT2D eigenvalue weighted by Gasteiger charge is -2.08. The summed E-state index contributed by atoms with van der Waals surface area (Å²) >= 11 is 5.74. The number of thiophene rings is 1. The zero-order valence-electron chi connectivity index (χ0n) is 9.84.